The summed E-state index contributed by atoms with van der Waals surface area (Å²) in [6.07, 6.45) is 2.29. The van der Waals surface area contributed by atoms with Gasteiger partial charge in [0.25, 0.3) is 0 Å². The summed E-state index contributed by atoms with van der Waals surface area (Å²) in [6.45, 7) is 2.59. The molecule has 0 atom stereocenters. The SMILES string of the molecule is COCCCCNCc1ccc(CC(=O)O)s1. The van der Waals surface area contributed by atoms with Crippen LogP contribution in [0.4, 0.5) is 0 Å². The highest BCUT2D eigenvalue weighted by molar-refractivity contribution is 7.12. The van der Waals surface area contributed by atoms with Crippen molar-refractivity contribution in [3.8, 4) is 0 Å². The molecule has 17 heavy (non-hydrogen) atoms. The van der Waals surface area contributed by atoms with Gasteiger partial charge in [-0.2, -0.15) is 0 Å². The number of unbranched alkanes of at least 4 members (excludes halogenated alkanes) is 1. The number of carboxylic acids is 1. The number of hydrogen-bond donors (Lipinski definition) is 2. The minimum Gasteiger partial charge on any atom is -0.481 e. The van der Waals surface area contributed by atoms with Crippen LogP contribution in [0.1, 0.15) is 22.6 Å². The van der Waals surface area contributed by atoms with Crippen molar-refractivity contribution in [3.05, 3.63) is 21.9 Å². The van der Waals surface area contributed by atoms with Crippen LogP contribution in [0.2, 0.25) is 0 Å². The number of ether oxygens (including phenoxy) is 1. The van der Waals surface area contributed by atoms with Gasteiger partial charge in [0.05, 0.1) is 6.42 Å². The Hall–Kier alpha value is -0.910. The fourth-order valence-corrected chi connectivity index (χ4v) is 2.45. The van der Waals surface area contributed by atoms with Crippen LogP contribution in [0.5, 0.6) is 0 Å². The van der Waals surface area contributed by atoms with Crippen LogP contribution in [0.3, 0.4) is 0 Å². The molecule has 4 nitrogen and oxygen atoms in total. The molecule has 0 fully saturated rings. The zero-order valence-corrected chi connectivity index (χ0v) is 10.9. The minimum absolute atomic E-state index is 0.124. The Balaban J connectivity index is 2.14. The summed E-state index contributed by atoms with van der Waals surface area (Å²) in [5, 5.41) is 12.0. The van der Waals surface area contributed by atoms with E-state index in [1.165, 1.54) is 4.88 Å². The van der Waals surface area contributed by atoms with Gasteiger partial charge in [-0.05, 0) is 31.5 Å². The monoisotopic (exact) mass is 257 g/mol. The Kier molecular flexibility index (Phi) is 6.84. The van der Waals surface area contributed by atoms with Crippen molar-refractivity contribution < 1.29 is 14.6 Å². The van der Waals surface area contributed by atoms with Crippen molar-refractivity contribution in [1.82, 2.24) is 5.32 Å². The van der Waals surface area contributed by atoms with Crippen molar-refractivity contribution in [3.63, 3.8) is 0 Å². The molecule has 0 radical (unpaired) electrons. The first-order valence-corrected chi connectivity index (χ1v) is 6.53. The predicted octanol–water partition coefficient (Wildman–Crippen LogP) is 1.89. The van der Waals surface area contributed by atoms with E-state index in [1.807, 2.05) is 12.1 Å². The highest BCUT2D eigenvalue weighted by atomic mass is 32.1. The first-order valence-electron chi connectivity index (χ1n) is 5.71. The lowest BCUT2D eigenvalue weighted by atomic mass is 10.3. The van der Waals surface area contributed by atoms with Crippen LogP contribution < -0.4 is 5.32 Å². The maximum Gasteiger partial charge on any atom is 0.308 e. The second-order valence-corrected chi connectivity index (χ2v) is 5.07. The van der Waals surface area contributed by atoms with Crippen LogP contribution in [0.25, 0.3) is 0 Å². The van der Waals surface area contributed by atoms with Gasteiger partial charge in [0.15, 0.2) is 0 Å². The molecule has 1 aromatic heterocycles. The summed E-state index contributed by atoms with van der Waals surface area (Å²) >= 11 is 1.56. The maximum absolute atomic E-state index is 10.5. The van der Waals surface area contributed by atoms with E-state index >= 15 is 0 Å². The molecule has 0 saturated heterocycles. The van der Waals surface area contributed by atoms with E-state index in [4.69, 9.17) is 9.84 Å². The summed E-state index contributed by atoms with van der Waals surface area (Å²) in [5.74, 6) is -0.772. The molecule has 1 aromatic rings. The van der Waals surface area contributed by atoms with E-state index in [1.54, 1.807) is 18.4 Å². The van der Waals surface area contributed by atoms with E-state index in [2.05, 4.69) is 5.32 Å². The Labute approximate surface area is 106 Å². The van der Waals surface area contributed by atoms with Crippen LogP contribution in [-0.2, 0) is 22.5 Å². The lowest BCUT2D eigenvalue weighted by Gasteiger charge is -2.02. The number of methoxy groups -OCH3 is 1. The zero-order chi connectivity index (χ0) is 12.5. The first-order chi connectivity index (χ1) is 8.22. The largest absolute Gasteiger partial charge is 0.481 e. The third-order valence-corrected chi connectivity index (χ3v) is 3.38. The van der Waals surface area contributed by atoms with Gasteiger partial charge in [0.1, 0.15) is 0 Å². The van der Waals surface area contributed by atoms with Crippen LogP contribution in [0, 0.1) is 0 Å². The second-order valence-electron chi connectivity index (χ2n) is 3.82. The van der Waals surface area contributed by atoms with Gasteiger partial charge in [0, 0.05) is 30.0 Å². The molecule has 0 amide bonds. The highest BCUT2D eigenvalue weighted by Gasteiger charge is 2.04. The van der Waals surface area contributed by atoms with Crippen molar-refractivity contribution in [2.75, 3.05) is 20.3 Å². The Morgan fingerprint density at radius 3 is 2.88 bits per heavy atom. The molecule has 0 spiro atoms. The molecule has 0 aliphatic carbocycles. The fourth-order valence-electron chi connectivity index (χ4n) is 1.47. The van der Waals surface area contributed by atoms with E-state index in [-0.39, 0.29) is 6.42 Å². The summed E-state index contributed by atoms with van der Waals surface area (Å²) < 4.78 is 4.97. The third kappa shape index (κ3) is 6.41. The number of carbonyl (C=O) groups is 1. The van der Waals surface area contributed by atoms with Crippen LogP contribution >= 0.6 is 11.3 Å². The molecule has 0 unspecified atom stereocenters. The average Bonchev–Trinajstić information content (AvgIpc) is 2.70. The van der Waals surface area contributed by atoms with Gasteiger partial charge in [-0.3, -0.25) is 4.79 Å². The normalized spacial score (nSPS) is 10.6. The van der Waals surface area contributed by atoms with E-state index in [9.17, 15) is 4.79 Å². The first kappa shape index (κ1) is 14.2. The lowest BCUT2D eigenvalue weighted by Crippen LogP contribution is -2.14. The molecule has 5 heteroatoms. The molecule has 0 saturated carbocycles. The van der Waals surface area contributed by atoms with Crippen molar-refractivity contribution in [2.24, 2.45) is 0 Å². The molecule has 96 valence electrons. The van der Waals surface area contributed by atoms with Gasteiger partial charge in [-0.15, -0.1) is 11.3 Å². The van der Waals surface area contributed by atoms with E-state index in [0.717, 1.165) is 37.4 Å². The minimum atomic E-state index is -0.772. The van der Waals surface area contributed by atoms with Gasteiger partial charge >= 0.3 is 5.97 Å². The van der Waals surface area contributed by atoms with E-state index < -0.39 is 5.97 Å². The summed E-state index contributed by atoms with van der Waals surface area (Å²) in [5.41, 5.74) is 0. The van der Waals surface area contributed by atoms with Crippen LogP contribution in [-0.4, -0.2) is 31.3 Å². The standard InChI is InChI=1S/C12H19NO3S/c1-16-7-3-2-6-13-9-11-5-4-10(17-11)8-12(14)15/h4-5,13H,2-3,6-9H2,1H3,(H,14,15). The van der Waals surface area contributed by atoms with E-state index in [0.29, 0.717) is 0 Å². The van der Waals surface area contributed by atoms with Crippen molar-refractivity contribution in [2.45, 2.75) is 25.8 Å². The average molecular weight is 257 g/mol. The van der Waals surface area contributed by atoms with Crippen LogP contribution in [0.15, 0.2) is 12.1 Å². The maximum atomic E-state index is 10.5. The summed E-state index contributed by atoms with van der Waals surface area (Å²) in [7, 11) is 1.71. The summed E-state index contributed by atoms with van der Waals surface area (Å²) in [4.78, 5) is 12.6. The molecule has 0 aliphatic rings. The number of hydrogen-bond acceptors (Lipinski definition) is 4. The van der Waals surface area contributed by atoms with Crippen molar-refractivity contribution in [1.29, 1.82) is 0 Å². The fraction of sp³-hybridized carbons (Fsp3) is 0.583. The highest BCUT2D eigenvalue weighted by Crippen LogP contribution is 2.16. The molecular weight excluding hydrogens is 238 g/mol. The quantitative estimate of drug-likeness (QED) is 0.663. The molecule has 2 N–H and O–H groups in total. The molecular formula is C12H19NO3S. The number of thiophene rings is 1. The lowest BCUT2D eigenvalue weighted by molar-refractivity contribution is -0.136. The number of rotatable bonds is 9. The molecule has 0 aromatic carbocycles. The van der Waals surface area contributed by atoms with Gasteiger partial charge in [-0.1, -0.05) is 0 Å². The molecule has 1 rings (SSSR count). The van der Waals surface area contributed by atoms with Gasteiger partial charge in [-0.25, -0.2) is 0 Å². The Morgan fingerprint density at radius 1 is 1.41 bits per heavy atom. The predicted molar refractivity (Wildman–Crippen MR) is 68.5 cm³/mol. The van der Waals surface area contributed by atoms with Gasteiger partial charge in [0.2, 0.25) is 0 Å². The molecule has 0 bridgehead atoms. The zero-order valence-electron chi connectivity index (χ0n) is 10.1. The number of nitrogens with one attached hydrogen (secondary N) is 1. The Morgan fingerprint density at radius 2 is 2.18 bits per heavy atom. The summed E-state index contributed by atoms with van der Waals surface area (Å²) in [6, 6.07) is 3.88. The van der Waals surface area contributed by atoms with Crippen molar-refractivity contribution >= 4 is 17.3 Å². The third-order valence-electron chi connectivity index (χ3n) is 2.29. The molecule has 1 heterocycles. The smallest absolute Gasteiger partial charge is 0.308 e. The number of aliphatic carboxylic acids is 1. The second kappa shape index (κ2) is 8.22. The number of carboxylic acid groups (broad SMARTS) is 1. The van der Waals surface area contributed by atoms with Gasteiger partial charge < -0.3 is 15.2 Å². The Bertz CT molecular complexity index is 338. The topological polar surface area (TPSA) is 58.6 Å². The molecule has 0 aliphatic heterocycles.